The van der Waals surface area contributed by atoms with E-state index >= 15 is 0 Å². The zero-order chi connectivity index (χ0) is 33.3. The number of halogens is 2. The first-order valence-corrected chi connectivity index (χ1v) is 15.0. The lowest BCUT2D eigenvalue weighted by molar-refractivity contribution is -0.148. The van der Waals surface area contributed by atoms with Gasteiger partial charge in [-0.05, 0) is 69.3 Å². The summed E-state index contributed by atoms with van der Waals surface area (Å²) in [6.45, 7) is 7.32. The van der Waals surface area contributed by atoms with Gasteiger partial charge in [0.05, 0.1) is 20.8 Å². The molecule has 2 fully saturated rings. The third-order valence-corrected chi connectivity index (χ3v) is 7.43. The molecule has 0 spiro atoms. The van der Waals surface area contributed by atoms with Crippen LogP contribution in [0.5, 0.6) is 0 Å². The van der Waals surface area contributed by atoms with Crippen LogP contribution in [0.2, 0.25) is 10.0 Å². The number of carbonyl (C=O) groups is 5. The fourth-order valence-corrected chi connectivity index (χ4v) is 4.92. The van der Waals surface area contributed by atoms with Gasteiger partial charge in [-0.1, -0.05) is 23.2 Å². The molecular formula is C31H38Cl2N4O8. The molecule has 12 nitrogen and oxygen atoms in total. The van der Waals surface area contributed by atoms with Crippen molar-refractivity contribution >= 4 is 53.0 Å². The first-order chi connectivity index (χ1) is 21.2. The van der Waals surface area contributed by atoms with E-state index in [1.807, 2.05) is 0 Å². The molecule has 2 aliphatic rings. The van der Waals surface area contributed by atoms with E-state index in [0.29, 0.717) is 40.8 Å². The molecule has 0 aromatic heterocycles. The van der Waals surface area contributed by atoms with E-state index in [-0.39, 0.29) is 31.4 Å². The third-order valence-electron chi connectivity index (χ3n) is 6.93. The molecule has 45 heavy (non-hydrogen) atoms. The van der Waals surface area contributed by atoms with Crippen LogP contribution in [0.4, 0.5) is 4.79 Å². The summed E-state index contributed by atoms with van der Waals surface area (Å²) in [6.07, 6.45) is -0.523. The van der Waals surface area contributed by atoms with Crippen LogP contribution in [0.15, 0.2) is 48.5 Å². The molecule has 2 aliphatic heterocycles. The molecule has 0 unspecified atom stereocenters. The molecule has 0 aliphatic carbocycles. The Kier molecular flexibility index (Phi) is 12.6. The molecule has 0 bridgehead atoms. The third kappa shape index (κ3) is 9.81. The van der Waals surface area contributed by atoms with Gasteiger partial charge >= 0.3 is 18.0 Å². The number of rotatable bonds is 4. The van der Waals surface area contributed by atoms with Crippen LogP contribution in [0.1, 0.15) is 41.5 Å². The maximum Gasteiger partial charge on any atom is 0.410 e. The number of nitrogens with one attached hydrogen (secondary N) is 1. The van der Waals surface area contributed by atoms with Crippen LogP contribution in [-0.2, 0) is 23.8 Å². The summed E-state index contributed by atoms with van der Waals surface area (Å²) < 4.78 is 14.9. The minimum atomic E-state index is -0.899. The highest BCUT2D eigenvalue weighted by molar-refractivity contribution is 6.31. The Morgan fingerprint density at radius 2 is 1.20 bits per heavy atom. The second-order valence-electron chi connectivity index (χ2n) is 11.2. The summed E-state index contributed by atoms with van der Waals surface area (Å²) in [5, 5.41) is 4.17. The molecule has 1 N–H and O–H groups in total. The normalized spacial score (nSPS) is 18.2. The SMILES string of the molecule is COC(=O)[C@H]1CN(C(=O)OC(C)(C)C)CCN1C(=O)c1ccc(Cl)cc1.COC(=O)[C@H]1CNCCN1C(=O)c1ccc(Cl)cc1. The number of piperazine rings is 2. The second kappa shape index (κ2) is 15.9. The predicted octanol–water partition coefficient (Wildman–Crippen LogP) is 3.50. The molecule has 0 saturated carbocycles. The van der Waals surface area contributed by atoms with E-state index in [1.165, 1.54) is 28.9 Å². The predicted molar refractivity (Wildman–Crippen MR) is 167 cm³/mol. The van der Waals surface area contributed by atoms with Crippen molar-refractivity contribution in [2.45, 2.75) is 38.5 Å². The first-order valence-electron chi connectivity index (χ1n) is 14.2. The van der Waals surface area contributed by atoms with Gasteiger partial charge in [0.15, 0.2) is 0 Å². The van der Waals surface area contributed by atoms with Gasteiger partial charge in [-0.2, -0.15) is 0 Å². The maximum atomic E-state index is 12.8. The Morgan fingerprint density at radius 1 is 0.733 bits per heavy atom. The molecule has 2 saturated heterocycles. The Labute approximate surface area is 272 Å². The summed E-state index contributed by atoms with van der Waals surface area (Å²) in [4.78, 5) is 65.7. The molecule has 4 rings (SSSR count). The molecule has 14 heteroatoms. The number of esters is 2. The fraction of sp³-hybridized carbons (Fsp3) is 0.452. The summed E-state index contributed by atoms with van der Waals surface area (Å²) >= 11 is 11.6. The van der Waals surface area contributed by atoms with Crippen molar-refractivity contribution in [2.24, 2.45) is 0 Å². The van der Waals surface area contributed by atoms with Crippen LogP contribution in [0.3, 0.4) is 0 Å². The lowest BCUT2D eigenvalue weighted by Gasteiger charge is -2.40. The van der Waals surface area contributed by atoms with Crippen molar-refractivity contribution in [1.29, 1.82) is 0 Å². The average molecular weight is 666 g/mol. The van der Waals surface area contributed by atoms with E-state index in [9.17, 15) is 24.0 Å². The van der Waals surface area contributed by atoms with Crippen molar-refractivity contribution < 1.29 is 38.2 Å². The van der Waals surface area contributed by atoms with Crippen molar-refractivity contribution in [1.82, 2.24) is 20.0 Å². The molecule has 2 aromatic rings. The van der Waals surface area contributed by atoms with Crippen molar-refractivity contribution in [3.63, 3.8) is 0 Å². The van der Waals surface area contributed by atoms with Crippen molar-refractivity contribution in [3.05, 3.63) is 69.7 Å². The van der Waals surface area contributed by atoms with Gasteiger partial charge in [0.1, 0.15) is 17.7 Å². The molecule has 0 radical (unpaired) electrons. The smallest absolute Gasteiger partial charge is 0.410 e. The molecule has 3 amide bonds. The molecule has 2 atom stereocenters. The lowest BCUT2D eigenvalue weighted by Crippen LogP contribution is -2.60. The average Bonchev–Trinajstić information content (AvgIpc) is 3.03. The zero-order valence-electron chi connectivity index (χ0n) is 25.9. The first kappa shape index (κ1) is 35.6. The number of nitrogens with zero attached hydrogens (tertiary/aromatic N) is 3. The van der Waals surface area contributed by atoms with Crippen LogP contribution in [0, 0.1) is 0 Å². The zero-order valence-corrected chi connectivity index (χ0v) is 27.4. The molecule has 244 valence electrons. The highest BCUT2D eigenvalue weighted by atomic mass is 35.5. The van der Waals surface area contributed by atoms with Gasteiger partial charge in [0, 0.05) is 53.9 Å². The largest absolute Gasteiger partial charge is 0.467 e. The Hall–Kier alpha value is -3.87. The number of amides is 3. The fourth-order valence-electron chi connectivity index (χ4n) is 4.67. The van der Waals surface area contributed by atoms with E-state index in [0.717, 1.165) is 0 Å². The van der Waals surface area contributed by atoms with E-state index in [2.05, 4.69) is 5.32 Å². The van der Waals surface area contributed by atoms with E-state index in [1.54, 1.807) is 69.3 Å². The molecule has 2 aromatic carbocycles. The topological polar surface area (TPSA) is 135 Å². The highest BCUT2D eigenvalue weighted by Crippen LogP contribution is 2.20. The lowest BCUT2D eigenvalue weighted by atomic mass is 10.1. The Morgan fingerprint density at radius 3 is 1.67 bits per heavy atom. The Bertz CT molecular complexity index is 1370. The summed E-state index contributed by atoms with van der Waals surface area (Å²) in [6, 6.07) is 11.6. The maximum absolute atomic E-state index is 12.8. The van der Waals surface area contributed by atoms with Crippen LogP contribution in [-0.4, -0.2) is 116 Å². The monoisotopic (exact) mass is 664 g/mol. The van der Waals surface area contributed by atoms with Crippen LogP contribution in [0.25, 0.3) is 0 Å². The van der Waals surface area contributed by atoms with Gasteiger partial charge in [-0.3, -0.25) is 9.59 Å². The van der Waals surface area contributed by atoms with E-state index in [4.69, 9.17) is 37.4 Å². The number of carbonyl (C=O) groups excluding carboxylic acids is 5. The van der Waals surface area contributed by atoms with Gasteiger partial charge < -0.3 is 34.2 Å². The summed E-state index contributed by atoms with van der Waals surface area (Å²) in [5.74, 6) is -1.50. The number of ether oxygens (including phenoxy) is 3. The summed E-state index contributed by atoms with van der Waals surface area (Å²) in [7, 11) is 2.57. The summed E-state index contributed by atoms with van der Waals surface area (Å²) in [5.41, 5.74) is 0.280. The van der Waals surface area contributed by atoms with Crippen molar-refractivity contribution in [3.8, 4) is 0 Å². The Balaban J connectivity index is 0.000000257. The minimum absolute atomic E-state index is 0.0148. The number of benzene rings is 2. The molecular weight excluding hydrogens is 627 g/mol. The van der Waals surface area contributed by atoms with Gasteiger partial charge in [0.25, 0.3) is 11.8 Å². The van der Waals surface area contributed by atoms with Gasteiger partial charge in [-0.15, -0.1) is 0 Å². The second-order valence-corrected chi connectivity index (χ2v) is 12.1. The van der Waals surface area contributed by atoms with Crippen LogP contribution < -0.4 is 5.32 Å². The van der Waals surface area contributed by atoms with E-state index < -0.39 is 35.7 Å². The van der Waals surface area contributed by atoms with Crippen LogP contribution >= 0.6 is 23.2 Å². The quantitative estimate of drug-likeness (QED) is 0.385. The van der Waals surface area contributed by atoms with Gasteiger partial charge in [0.2, 0.25) is 0 Å². The minimum Gasteiger partial charge on any atom is -0.467 e. The number of methoxy groups -OCH3 is 2. The standard InChI is InChI=1S/C18H23ClN2O5.C13H15ClN2O3/c1-18(2,3)26-17(24)20-9-10-21(14(11-20)16(23)25-4)15(22)12-5-7-13(19)8-6-12;1-19-13(18)11-8-15-6-7-16(11)12(17)9-2-4-10(14)5-3-9/h5-8,14H,9-11H2,1-4H3;2-5,11,15H,6-8H2,1H3/t14-;11-/m11/s1. The highest BCUT2D eigenvalue weighted by Gasteiger charge is 2.39. The van der Waals surface area contributed by atoms with Gasteiger partial charge in [-0.25, -0.2) is 14.4 Å². The van der Waals surface area contributed by atoms with Crippen molar-refractivity contribution in [2.75, 3.05) is 53.5 Å². The number of hydrogen-bond acceptors (Lipinski definition) is 9. The number of hydrogen-bond donors (Lipinski definition) is 1. The molecule has 2 heterocycles.